The maximum atomic E-state index is 11.7. The van der Waals surface area contributed by atoms with Gasteiger partial charge < -0.3 is 9.88 Å². The molecular formula is C15H20ClN3O. The molecule has 0 aliphatic heterocycles. The minimum absolute atomic E-state index is 0.0712. The van der Waals surface area contributed by atoms with Crippen molar-refractivity contribution in [2.75, 3.05) is 6.54 Å². The number of rotatable bonds is 6. The molecule has 0 saturated heterocycles. The smallest absolute Gasteiger partial charge is 0.221 e. The molecule has 0 atom stereocenters. The van der Waals surface area contributed by atoms with Crippen LogP contribution in [0.5, 0.6) is 0 Å². The number of amides is 1. The van der Waals surface area contributed by atoms with Crippen molar-refractivity contribution in [3.63, 3.8) is 0 Å². The molecule has 2 rings (SSSR count). The van der Waals surface area contributed by atoms with E-state index < -0.39 is 0 Å². The van der Waals surface area contributed by atoms with E-state index in [1.807, 2.05) is 30.5 Å². The Morgan fingerprint density at radius 2 is 2.25 bits per heavy atom. The Morgan fingerprint density at radius 1 is 1.45 bits per heavy atom. The molecule has 5 heteroatoms. The first kappa shape index (κ1) is 14.9. The summed E-state index contributed by atoms with van der Waals surface area (Å²) in [4.78, 5) is 16.2. The van der Waals surface area contributed by atoms with Gasteiger partial charge in [0.05, 0.1) is 16.9 Å². The topological polar surface area (TPSA) is 46.9 Å². The summed E-state index contributed by atoms with van der Waals surface area (Å²) in [6.45, 7) is 5.42. The van der Waals surface area contributed by atoms with E-state index in [0.29, 0.717) is 18.8 Å². The molecule has 1 N–H and O–H groups in total. The van der Waals surface area contributed by atoms with Gasteiger partial charge in [0.15, 0.2) is 0 Å². The van der Waals surface area contributed by atoms with Crippen LogP contribution >= 0.6 is 11.6 Å². The normalized spacial score (nSPS) is 10.9. The van der Waals surface area contributed by atoms with Gasteiger partial charge in [-0.05, 0) is 31.0 Å². The Kier molecular flexibility index (Phi) is 5.01. The summed E-state index contributed by atoms with van der Waals surface area (Å²) in [6, 6.07) is 6.11. The van der Waals surface area contributed by atoms with Crippen LogP contribution in [-0.4, -0.2) is 22.0 Å². The van der Waals surface area contributed by atoms with E-state index in [1.54, 1.807) is 0 Å². The van der Waals surface area contributed by atoms with Crippen LogP contribution in [0.15, 0.2) is 18.2 Å². The summed E-state index contributed by atoms with van der Waals surface area (Å²) in [7, 11) is 0. The van der Waals surface area contributed by atoms with E-state index >= 15 is 0 Å². The van der Waals surface area contributed by atoms with Crippen molar-refractivity contribution >= 4 is 28.5 Å². The molecule has 0 aliphatic carbocycles. The molecule has 0 aliphatic rings. The van der Waals surface area contributed by atoms with Crippen LogP contribution < -0.4 is 5.32 Å². The highest BCUT2D eigenvalue weighted by molar-refractivity contribution is 6.16. The number of aromatic nitrogens is 2. The number of carbonyl (C=O) groups excluding carboxylic acids is 1. The fourth-order valence-corrected chi connectivity index (χ4v) is 2.40. The molecule has 1 aromatic carbocycles. The van der Waals surface area contributed by atoms with Crippen molar-refractivity contribution < 1.29 is 4.79 Å². The highest BCUT2D eigenvalue weighted by Crippen LogP contribution is 2.19. The molecule has 1 heterocycles. The van der Waals surface area contributed by atoms with E-state index in [2.05, 4.69) is 16.4 Å². The molecule has 1 aromatic heterocycles. The van der Waals surface area contributed by atoms with Crippen LogP contribution in [0.1, 0.15) is 31.2 Å². The van der Waals surface area contributed by atoms with Gasteiger partial charge in [-0.3, -0.25) is 4.79 Å². The number of hydrogen-bond donors (Lipinski definition) is 1. The van der Waals surface area contributed by atoms with E-state index in [-0.39, 0.29) is 5.91 Å². The predicted molar refractivity (Wildman–Crippen MR) is 81.9 cm³/mol. The van der Waals surface area contributed by atoms with Crippen molar-refractivity contribution in [2.45, 2.75) is 39.1 Å². The number of aryl methyl sites for hydroxylation is 2. The van der Waals surface area contributed by atoms with Gasteiger partial charge in [0.2, 0.25) is 5.91 Å². The van der Waals surface area contributed by atoms with Crippen molar-refractivity contribution in [3.8, 4) is 0 Å². The maximum Gasteiger partial charge on any atom is 0.221 e. The van der Waals surface area contributed by atoms with Gasteiger partial charge in [-0.2, -0.15) is 0 Å². The van der Waals surface area contributed by atoms with Crippen LogP contribution in [0.4, 0.5) is 0 Å². The van der Waals surface area contributed by atoms with Gasteiger partial charge in [0.1, 0.15) is 5.82 Å². The van der Waals surface area contributed by atoms with E-state index in [0.717, 1.165) is 29.8 Å². The molecular weight excluding hydrogens is 274 g/mol. The zero-order valence-corrected chi connectivity index (χ0v) is 12.7. The monoisotopic (exact) mass is 293 g/mol. The summed E-state index contributed by atoms with van der Waals surface area (Å²) >= 11 is 5.96. The van der Waals surface area contributed by atoms with Gasteiger partial charge in [-0.1, -0.05) is 13.0 Å². The molecule has 0 fully saturated rings. The van der Waals surface area contributed by atoms with E-state index in [9.17, 15) is 4.79 Å². The quantitative estimate of drug-likeness (QED) is 0.832. The molecule has 2 aromatic rings. The van der Waals surface area contributed by atoms with Gasteiger partial charge >= 0.3 is 0 Å². The first-order valence-electron chi connectivity index (χ1n) is 6.94. The minimum atomic E-state index is 0.0712. The number of nitrogens with zero attached hydrogens (tertiary/aromatic N) is 2. The van der Waals surface area contributed by atoms with Crippen molar-refractivity contribution in [1.29, 1.82) is 0 Å². The Bertz CT molecular complexity index is 606. The van der Waals surface area contributed by atoms with Crippen LogP contribution in [0.3, 0.4) is 0 Å². The zero-order valence-electron chi connectivity index (χ0n) is 11.9. The second kappa shape index (κ2) is 6.75. The highest BCUT2D eigenvalue weighted by Gasteiger charge is 2.11. The SMILES string of the molecule is CCCNC(=O)CCn1c(CCl)nc2ccc(C)cc21. The fraction of sp³-hybridized carbons (Fsp3) is 0.467. The molecule has 0 saturated carbocycles. The Morgan fingerprint density at radius 3 is 2.95 bits per heavy atom. The molecule has 0 bridgehead atoms. The number of imidazole rings is 1. The van der Waals surface area contributed by atoms with E-state index in [1.165, 1.54) is 5.56 Å². The molecule has 20 heavy (non-hydrogen) atoms. The third-order valence-electron chi connectivity index (χ3n) is 3.24. The lowest BCUT2D eigenvalue weighted by molar-refractivity contribution is -0.121. The number of hydrogen-bond acceptors (Lipinski definition) is 2. The van der Waals surface area contributed by atoms with Crippen LogP contribution in [-0.2, 0) is 17.2 Å². The number of alkyl halides is 1. The van der Waals surface area contributed by atoms with Gasteiger partial charge in [-0.15, -0.1) is 11.6 Å². The second-order valence-corrected chi connectivity index (χ2v) is 5.17. The van der Waals surface area contributed by atoms with Crippen molar-refractivity contribution in [2.24, 2.45) is 0 Å². The number of halogens is 1. The molecule has 0 radical (unpaired) electrons. The Labute approximate surface area is 124 Å². The average Bonchev–Trinajstić information content (AvgIpc) is 2.79. The predicted octanol–water partition coefficient (Wildman–Crippen LogP) is 3.00. The number of nitrogens with one attached hydrogen (secondary N) is 1. The largest absolute Gasteiger partial charge is 0.356 e. The fourth-order valence-electron chi connectivity index (χ4n) is 2.20. The summed E-state index contributed by atoms with van der Waals surface area (Å²) in [5.74, 6) is 1.24. The highest BCUT2D eigenvalue weighted by atomic mass is 35.5. The van der Waals surface area contributed by atoms with Gasteiger partial charge in [0, 0.05) is 19.5 Å². The number of benzene rings is 1. The maximum absolute atomic E-state index is 11.7. The van der Waals surface area contributed by atoms with Crippen molar-refractivity contribution in [1.82, 2.24) is 14.9 Å². The van der Waals surface area contributed by atoms with Gasteiger partial charge in [-0.25, -0.2) is 4.98 Å². The lowest BCUT2D eigenvalue weighted by Gasteiger charge is -2.08. The molecule has 0 unspecified atom stereocenters. The lowest BCUT2D eigenvalue weighted by Crippen LogP contribution is -2.25. The van der Waals surface area contributed by atoms with E-state index in [4.69, 9.17) is 11.6 Å². The summed E-state index contributed by atoms with van der Waals surface area (Å²) in [5, 5.41) is 2.89. The van der Waals surface area contributed by atoms with Crippen LogP contribution in [0, 0.1) is 6.92 Å². The first-order valence-corrected chi connectivity index (χ1v) is 7.47. The number of carbonyl (C=O) groups is 1. The third-order valence-corrected chi connectivity index (χ3v) is 3.48. The van der Waals surface area contributed by atoms with Crippen LogP contribution in [0.2, 0.25) is 0 Å². The standard InChI is InChI=1S/C15H20ClN3O/c1-3-7-17-15(20)6-8-19-13-9-11(2)4-5-12(13)18-14(19)10-16/h4-5,9H,3,6-8,10H2,1-2H3,(H,17,20). The first-order chi connectivity index (χ1) is 9.65. The summed E-state index contributed by atoms with van der Waals surface area (Å²) in [5.41, 5.74) is 3.15. The molecule has 4 nitrogen and oxygen atoms in total. The minimum Gasteiger partial charge on any atom is -0.356 e. The summed E-state index contributed by atoms with van der Waals surface area (Å²) in [6.07, 6.45) is 1.40. The van der Waals surface area contributed by atoms with Gasteiger partial charge in [0.25, 0.3) is 0 Å². The zero-order chi connectivity index (χ0) is 14.5. The summed E-state index contributed by atoms with van der Waals surface area (Å²) < 4.78 is 2.04. The second-order valence-electron chi connectivity index (χ2n) is 4.91. The van der Waals surface area contributed by atoms with Crippen molar-refractivity contribution in [3.05, 3.63) is 29.6 Å². The third kappa shape index (κ3) is 3.31. The Balaban J connectivity index is 2.19. The molecule has 108 valence electrons. The molecule has 1 amide bonds. The lowest BCUT2D eigenvalue weighted by atomic mass is 10.2. The molecule has 0 spiro atoms. The number of fused-ring (bicyclic) bond motifs is 1. The Hall–Kier alpha value is -1.55. The average molecular weight is 294 g/mol. The van der Waals surface area contributed by atoms with Crippen LogP contribution in [0.25, 0.3) is 11.0 Å².